The van der Waals surface area contributed by atoms with Crippen molar-refractivity contribution >= 4 is 33.0 Å². The summed E-state index contributed by atoms with van der Waals surface area (Å²) < 4.78 is 0. The lowest BCUT2D eigenvalue weighted by Gasteiger charge is -2.07. The van der Waals surface area contributed by atoms with Gasteiger partial charge in [0.15, 0.2) is 5.82 Å². The summed E-state index contributed by atoms with van der Waals surface area (Å²) >= 11 is 1.35. The number of carbonyl (C=O) groups excluding carboxylic acids is 1. The average molecular weight is 338 g/mol. The second kappa shape index (κ2) is 6.17. The van der Waals surface area contributed by atoms with Crippen LogP contribution >= 0.6 is 11.3 Å². The van der Waals surface area contributed by atoms with Gasteiger partial charge in [-0.05, 0) is 17.0 Å². The molecule has 120 valence electrons. The fraction of sp³-hybridized carbons (Fsp3) is 0.0625. The van der Waals surface area contributed by atoms with Gasteiger partial charge in [0.25, 0.3) is 0 Å². The molecule has 4 rings (SSSR count). The van der Waals surface area contributed by atoms with Gasteiger partial charge in [-0.2, -0.15) is 5.10 Å². The lowest BCUT2D eigenvalue weighted by molar-refractivity contribution is -0.115. The van der Waals surface area contributed by atoms with Crippen molar-refractivity contribution in [2.45, 2.75) is 6.42 Å². The number of nitrogens with one attached hydrogen (secondary N) is 2. The van der Waals surface area contributed by atoms with E-state index in [1.807, 2.05) is 24.3 Å². The number of thiazole rings is 1. The molecule has 0 atom stereocenters. The van der Waals surface area contributed by atoms with Crippen LogP contribution in [-0.4, -0.2) is 31.1 Å². The summed E-state index contributed by atoms with van der Waals surface area (Å²) in [6.45, 7) is 0. The summed E-state index contributed by atoms with van der Waals surface area (Å²) in [4.78, 5) is 24.9. The first-order chi connectivity index (χ1) is 11.8. The lowest BCUT2D eigenvalue weighted by atomic mass is 10.0. The number of aromatic nitrogens is 5. The summed E-state index contributed by atoms with van der Waals surface area (Å²) in [5.74, 6) is 0.423. The smallest absolute Gasteiger partial charge is 0.229 e. The maximum absolute atomic E-state index is 12.5. The number of aromatic amines is 1. The van der Waals surface area contributed by atoms with E-state index < -0.39 is 0 Å². The molecule has 24 heavy (non-hydrogen) atoms. The van der Waals surface area contributed by atoms with Crippen LogP contribution in [0, 0.1) is 0 Å². The maximum Gasteiger partial charge on any atom is 0.229 e. The number of benzene rings is 1. The minimum Gasteiger partial charge on any atom is -0.315 e. The zero-order valence-corrected chi connectivity index (χ0v) is 13.2. The van der Waals surface area contributed by atoms with E-state index in [0.717, 1.165) is 16.3 Å². The Bertz CT molecular complexity index is 995. The molecule has 2 N–H and O–H groups in total. The molecule has 0 unspecified atom stereocenters. The van der Waals surface area contributed by atoms with Gasteiger partial charge in [0.1, 0.15) is 17.0 Å². The monoisotopic (exact) mass is 338 g/mol. The van der Waals surface area contributed by atoms with E-state index in [-0.39, 0.29) is 13.8 Å². The fourth-order valence-electron chi connectivity index (χ4n) is 2.51. The topological polar surface area (TPSA) is 96.5 Å². The first-order valence-electron chi connectivity index (χ1n) is 7.22. The van der Waals surface area contributed by atoms with Gasteiger partial charge in [-0.1, -0.05) is 18.2 Å². The number of pyridine rings is 1. The second-order valence-corrected chi connectivity index (χ2v) is 5.96. The van der Waals surface area contributed by atoms with Crippen molar-refractivity contribution in [3.8, 4) is 11.5 Å². The third-order valence-electron chi connectivity index (χ3n) is 3.58. The van der Waals surface area contributed by atoms with E-state index >= 15 is 0 Å². The molecule has 4 aromatic rings. The lowest BCUT2D eigenvalue weighted by Crippen LogP contribution is -2.14. The third-order valence-corrected chi connectivity index (χ3v) is 4.32. The molecule has 1 amide bonds. The van der Waals surface area contributed by atoms with Crippen LogP contribution in [0.15, 0.2) is 48.5 Å². The van der Waals surface area contributed by atoms with Crippen LogP contribution in [0.5, 0.6) is 0 Å². The van der Waals surface area contributed by atoms with Gasteiger partial charge in [0, 0.05) is 19.2 Å². The Morgan fingerprint density at radius 3 is 3.12 bits per heavy atom. The predicted molar refractivity (Wildman–Crippen MR) is 93.7 cm³/mol. The van der Waals surface area contributed by atoms with Gasteiger partial charge < -0.3 is 5.32 Å². The van der Waals surface area contributed by atoms with Gasteiger partial charge in [-0.25, -0.2) is 9.97 Å². The first kappa shape index (κ1) is 14.5. The predicted octanol–water partition coefficient (Wildman–Crippen LogP) is 2.90. The fourth-order valence-corrected chi connectivity index (χ4v) is 3.21. The molecule has 0 aliphatic rings. The van der Waals surface area contributed by atoms with Crippen molar-refractivity contribution in [1.82, 2.24) is 25.1 Å². The number of rotatable bonds is 4. The van der Waals surface area contributed by atoms with Crippen molar-refractivity contribution in [1.29, 1.82) is 0 Å². The Hall–Kier alpha value is -3.13. The van der Waals surface area contributed by atoms with E-state index in [2.05, 4.69) is 30.5 Å². The number of anilines is 1. The molecule has 0 bridgehead atoms. The zero-order valence-electron chi connectivity index (χ0n) is 12.4. The van der Waals surface area contributed by atoms with Crippen LogP contribution < -0.4 is 5.32 Å². The molecule has 7 nitrogen and oxygen atoms in total. The minimum absolute atomic E-state index is 0. The number of hydrogen-bond donors (Lipinski definition) is 2. The van der Waals surface area contributed by atoms with Crippen molar-refractivity contribution < 1.29 is 6.22 Å². The van der Waals surface area contributed by atoms with E-state index in [9.17, 15) is 4.79 Å². The van der Waals surface area contributed by atoms with Crippen LogP contribution in [0.2, 0.25) is 0 Å². The SMILES string of the molecule is O=C(Cc1cccc2cnccc12)Nc1scnc1-c1ncn[nH]1.[HH]. The van der Waals surface area contributed by atoms with Gasteiger partial charge >= 0.3 is 0 Å². The molecule has 8 heteroatoms. The third kappa shape index (κ3) is 2.74. The number of hydrogen-bond acceptors (Lipinski definition) is 6. The Morgan fingerprint density at radius 2 is 2.25 bits per heavy atom. The van der Waals surface area contributed by atoms with Gasteiger partial charge in [-0.15, -0.1) is 11.3 Å². The molecule has 1 aromatic carbocycles. The maximum atomic E-state index is 12.5. The van der Waals surface area contributed by atoms with Crippen molar-refractivity contribution in [2.75, 3.05) is 5.32 Å². The molecule has 0 aliphatic heterocycles. The summed E-state index contributed by atoms with van der Waals surface area (Å²) in [7, 11) is 0. The van der Waals surface area contributed by atoms with Gasteiger partial charge in [0.05, 0.1) is 11.9 Å². The van der Waals surface area contributed by atoms with Crippen molar-refractivity contribution in [3.05, 3.63) is 54.1 Å². The highest BCUT2D eigenvalue weighted by atomic mass is 32.1. The number of nitrogens with zero attached hydrogens (tertiary/aromatic N) is 4. The quantitative estimate of drug-likeness (QED) is 0.596. The molecule has 0 aliphatic carbocycles. The molecular weight excluding hydrogens is 324 g/mol. The molecule has 0 radical (unpaired) electrons. The van der Waals surface area contributed by atoms with E-state index in [0.29, 0.717) is 16.5 Å². The molecule has 3 aromatic heterocycles. The summed E-state index contributed by atoms with van der Waals surface area (Å²) in [5.41, 5.74) is 3.21. The molecule has 0 spiro atoms. The number of H-pyrrole nitrogens is 1. The zero-order chi connectivity index (χ0) is 16.4. The van der Waals surface area contributed by atoms with Crippen LogP contribution in [-0.2, 0) is 11.2 Å². The summed E-state index contributed by atoms with van der Waals surface area (Å²) in [6.07, 6.45) is 5.20. The highest BCUT2D eigenvalue weighted by Crippen LogP contribution is 2.28. The minimum atomic E-state index is -0.107. The first-order valence-corrected chi connectivity index (χ1v) is 8.10. The normalized spacial score (nSPS) is 10.8. The van der Waals surface area contributed by atoms with Gasteiger partial charge in [-0.3, -0.25) is 14.9 Å². The van der Waals surface area contributed by atoms with Crippen LogP contribution in [0.4, 0.5) is 5.00 Å². The molecule has 0 fully saturated rings. The van der Waals surface area contributed by atoms with Crippen molar-refractivity contribution in [2.24, 2.45) is 0 Å². The molecular formula is C16H14N6OS. The number of carbonyl (C=O) groups is 1. The standard InChI is InChI=1S/C16H12N6OS.H2/c23-13(6-10-2-1-3-11-7-17-5-4-12(10)11)21-16-14(19-9-24-16)15-18-8-20-22-15;/h1-5,7-9H,6H2,(H,21,23)(H,18,20,22);1H. The van der Waals surface area contributed by atoms with Crippen LogP contribution in [0.3, 0.4) is 0 Å². The van der Waals surface area contributed by atoms with E-state index in [1.165, 1.54) is 17.7 Å². The Balaban J connectivity index is 0.00000182. The van der Waals surface area contributed by atoms with Gasteiger partial charge in [0.2, 0.25) is 5.91 Å². The Kier molecular flexibility index (Phi) is 3.72. The summed E-state index contributed by atoms with van der Waals surface area (Å²) in [6, 6.07) is 7.78. The van der Waals surface area contributed by atoms with Crippen LogP contribution in [0.25, 0.3) is 22.3 Å². The second-order valence-electron chi connectivity index (χ2n) is 5.10. The Morgan fingerprint density at radius 1 is 1.29 bits per heavy atom. The van der Waals surface area contributed by atoms with Crippen LogP contribution in [0.1, 0.15) is 6.99 Å². The van der Waals surface area contributed by atoms with E-state index in [4.69, 9.17) is 0 Å². The molecule has 0 saturated carbocycles. The molecule has 3 heterocycles. The van der Waals surface area contributed by atoms with E-state index in [1.54, 1.807) is 17.9 Å². The highest BCUT2D eigenvalue weighted by Gasteiger charge is 2.15. The number of amides is 1. The largest absolute Gasteiger partial charge is 0.315 e. The summed E-state index contributed by atoms with van der Waals surface area (Å²) in [5, 5.41) is 12.2. The highest BCUT2D eigenvalue weighted by molar-refractivity contribution is 7.14. The molecule has 0 saturated heterocycles. The van der Waals surface area contributed by atoms with Crippen molar-refractivity contribution in [3.63, 3.8) is 0 Å². The average Bonchev–Trinajstić information content (AvgIpc) is 3.26. The Labute approximate surface area is 142 Å². The number of fused-ring (bicyclic) bond motifs is 1.